The van der Waals surface area contributed by atoms with Crippen molar-refractivity contribution in [3.05, 3.63) is 63.2 Å². The van der Waals surface area contributed by atoms with Crippen molar-refractivity contribution in [1.29, 1.82) is 0 Å². The number of ketones is 1. The van der Waals surface area contributed by atoms with Crippen LogP contribution in [0.2, 0.25) is 0 Å². The van der Waals surface area contributed by atoms with Crippen LogP contribution in [0.25, 0.3) is 0 Å². The lowest BCUT2D eigenvalue weighted by molar-refractivity contribution is -0.385. The summed E-state index contributed by atoms with van der Waals surface area (Å²) in [7, 11) is 2.66. The van der Waals surface area contributed by atoms with Gasteiger partial charge in [-0.15, -0.1) is 0 Å². The first-order valence-corrected chi connectivity index (χ1v) is 8.56. The minimum Gasteiger partial charge on any atom is -0.493 e. The Morgan fingerprint density at radius 3 is 2.14 bits per heavy atom. The zero-order valence-electron chi connectivity index (χ0n) is 16.1. The van der Waals surface area contributed by atoms with Gasteiger partial charge < -0.3 is 14.2 Å². The van der Waals surface area contributed by atoms with E-state index in [2.05, 4.69) is 0 Å². The monoisotopic (exact) mass is 387 g/mol. The molecule has 0 saturated heterocycles. The molecule has 8 heteroatoms. The Balaban J connectivity index is 2.27. The molecular weight excluding hydrogens is 366 g/mol. The first kappa shape index (κ1) is 20.9. The largest absolute Gasteiger partial charge is 0.493 e. The van der Waals surface area contributed by atoms with Crippen LogP contribution in [0.5, 0.6) is 11.5 Å². The molecule has 0 N–H and O–H groups in total. The third-order valence-corrected chi connectivity index (χ3v) is 4.22. The van der Waals surface area contributed by atoms with Crippen molar-refractivity contribution < 1.29 is 28.7 Å². The van der Waals surface area contributed by atoms with E-state index in [1.807, 2.05) is 19.1 Å². The van der Waals surface area contributed by atoms with Crippen molar-refractivity contribution in [2.24, 2.45) is 0 Å². The molecule has 0 spiro atoms. The molecule has 8 nitrogen and oxygen atoms in total. The van der Waals surface area contributed by atoms with Gasteiger partial charge in [0.2, 0.25) is 5.78 Å². The number of ether oxygens (including phenoxy) is 3. The number of carbonyl (C=O) groups excluding carboxylic acids is 2. The summed E-state index contributed by atoms with van der Waals surface area (Å²) < 4.78 is 15.3. The Kier molecular flexibility index (Phi) is 6.70. The van der Waals surface area contributed by atoms with Crippen LogP contribution in [0.15, 0.2) is 36.4 Å². The van der Waals surface area contributed by atoms with Crippen LogP contribution in [0.1, 0.15) is 40.1 Å². The molecule has 0 bridgehead atoms. The van der Waals surface area contributed by atoms with Gasteiger partial charge >= 0.3 is 5.97 Å². The summed E-state index contributed by atoms with van der Waals surface area (Å²) in [5, 5.41) is 11.3. The average molecular weight is 387 g/mol. The minimum absolute atomic E-state index is 0.103. The SMILES string of the molecule is CCc1ccc(C(=O)[C@H](C)OC(=O)c2cc(OC)c(OC)cc2[N+](=O)[O-])cc1. The smallest absolute Gasteiger partial charge is 0.346 e. The van der Waals surface area contributed by atoms with Crippen LogP contribution in [0.3, 0.4) is 0 Å². The van der Waals surface area contributed by atoms with Gasteiger partial charge in [0.1, 0.15) is 5.56 Å². The number of nitro benzene ring substituents is 1. The predicted octanol–water partition coefficient (Wildman–Crippen LogP) is 3.60. The second-order valence-corrected chi connectivity index (χ2v) is 5.94. The highest BCUT2D eigenvalue weighted by molar-refractivity contribution is 6.02. The molecule has 0 unspecified atom stereocenters. The molecule has 0 aliphatic carbocycles. The van der Waals surface area contributed by atoms with Gasteiger partial charge in [-0.2, -0.15) is 0 Å². The Morgan fingerprint density at radius 1 is 1.07 bits per heavy atom. The minimum atomic E-state index is -1.12. The van der Waals surface area contributed by atoms with E-state index in [0.29, 0.717) is 5.56 Å². The lowest BCUT2D eigenvalue weighted by Gasteiger charge is -2.14. The molecule has 0 heterocycles. The maximum atomic E-state index is 12.5. The predicted molar refractivity (Wildman–Crippen MR) is 101 cm³/mol. The van der Waals surface area contributed by atoms with Crippen LogP contribution in [-0.4, -0.2) is 37.0 Å². The number of Topliss-reactive ketones (excluding diaryl/α,β-unsaturated/α-hetero) is 1. The van der Waals surface area contributed by atoms with E-state index >= 15 is 0 Å². The maximum Gasteiger partial charge on any atom is 0.346 e. The summed E-state index contributed by atoms with van der Waals surface area (Å²) in [4.78, 5) is 35.6. The molecule has 2 aromatic carbocycles. The molecule has 1 atom stereocenters. The molecule has 148 valence electrons. The number of rotatable bonds is 8. The van der Waals surface area contributed by atoms with Gasteiger partial charge in [0.15, 0.2) is 17.6 Å². The Bertz CT molecular complexity index is 890. The normalized spacial score (nSPS) is 11.4. The number of methoxy groups -OCH3 is 2. The van der Waals surface area contributed by atoms with Gasteiger partial charge in [0.25, 0.3) is 5.69 Å². The first-order valence-electron chi connectivity index (χ1n) is 8.56. The Morgan fingerprint density at radius 2 is 1.64 bits per heavy atom. The number of esters is 1. The van der Waals surface area contributed by atoms with E-state index < -0.39 is 28.5 Å². The molecule has 0 saturated carbocycles. The lowest BCUT2D eigenvalue weighted by Crippen LogP contribution is -2.25. The van der Waals surface area contributed by atoms with E-state index in [9.17, 15) is 19.7 Å². The van der Waals surface area contributed by atoms with Crippen molar-refractivity contribution >= 4 is 17.4 Å². The Hall–Kier alpha value is -3.42. The fourth-order valence-corrected chi connectivity index (χ4v) is 2.60. The zero-order valence-corrected chi connectivity index (χ0v) is 16.1. The van der Waals surface area contributed by atoms with E-state index in [0.717, 1.165) is 24.1 Å². The highest BCUT2D eigenvalue weighted by Crippen LogP contribution is 2.35. The molecule has 2 aromatic rings. The van der Waals surface area contributed by atoms with Gasteiger partial charge in [-0.1, -0.05) is 31.2 Å². The topological polar surface area (TPSA) is 105 Å². The number of hydrogen-bond acceptors (Lipinski definition) is 7. The van der Waals surface area contributed by atoms with Crippen molar-refractivity contribution in [2.75, 3.05) is 14.2 Å². The average Bonchev–Trinajstić information content (AvgIpc) is 2.71. The van der Waals surface area contributed by atoms with E-state index in [1.54, 1.807) is 12.1 Å². The number of nitrogens with zero attached hydrogens (tertiary/aromatic N) is 1. The molecule has 0 aliphatic rings. The molecular formula is C20H21NO7. The molecule has 0 radical (unpaired) electrons. The van der Waals surface area contributed by atoms with Gasteiger partial charge in [-0.3, -0.25) is 14.9 Å². The summed E-state index contributed by atoms with van der Waals surface area (Å²) in [6.45, 7) is 3.41. The third kappa shape index (κ3) is 4.46. The number of nitro groups is 1. The lowest BCUT2D eigenvalue weighted by atomic mass is 10.0. The second-order valence-electron chi connectivity index (χ2n) is 5.94. The summed E-state index contributed by atoms with van der Waals surface area (Å²) in [6, 6.07) is 9.19. The van der Waals surface area contributed by atoms with Crippen LogP contribution >= 0.6 is 0 Å². The molecule has 2 rings (SSSR count). The molecule has 0 aliphatic heterocycles. The van der Waals surface area contributed by atoms with Crippen LogP contribution in [-0.2, 0) is 11.2 Å². The van der Waals surface area contributed by atoms with Gasteiger partial charge in [-0.25, -0.2) is 4.79 Å². The summed E-state index contributed by atoms with van der Waals surface area (Å²) in [5.74, 6) is -1.17. The summed E-state index contributed by atoms with van der Waals surface area (Å²) in [6.07, 6.45) is -0.283. The zero-order chi connectivity index (χ0) is 20.8. The fraction of sp³-hybridized carbons (Fsp3) is 0.300. The Labute approximate surface area is 162 Å². The fourth-order valence-electron chi connectivity index (χ4n) is 2.60. The van der Waals surface area contributed by atoms with Gasteiger partial charge in [0.05, 0.1) is 25.2 Å². The number of hydrogen-bond donors (Lipinski definition) is 0. The first-order chi connectivity index (χ1) is 13.3. The molecule has 0 fully saturated rings. The number of aryl methyl sites for hydroxylation is 1. The van der Waals surface area contributed by atoms with E-state index in [-0.39, 0.29) is 17.1 Å². The molecule has 28 heavy (non-hydrogen) atoms. The van der Waals surface area contributed by atoms with E-state index in [4.69, 9.17) is 14.2 Å². The highest BCUT2D eigenvalue weighted by Gasteiger charge is 2.28. The van der Waals surface area contributed by atoms with Gasteiger partial charge in [0, 0.05) is 11.6 Å². The van der Waals surface area contributed by atoms with Crippen LogP contribution in [0.4, 0.5) is 5.69 Å². The van der Waals surface area contributed by atoms with E-state index in [1.165, 1.54) is 21.1 Å². The quantitative estimate of drug-likeness (QED) is 0.295. The second kappa shape index (κ2) is 8.98. The summed E-state index contributed by atoms with van der Waals surface area (Å²) in [5.41, 5.74) is 0.625. The number of benzene rings is 2. The number of carbonyl (C=O) groups is 2. The third-order valence-electron chi connectivity index (χ3n) is 4.22. The van der Waals surface area contributed by atoms with Crippen molar-refractivity contribution in [3.63, 3.8) is 0 Å². The van der Waals surface area contributed by atoms with Crippen LogP contribution in [0, 0.1) is 10.1 Å². The highest BCUT2D eigenvalue weighted by atomic mass is 16.6. The standard InChI is InChI=1S/C20H21NO7/c1-5-13-6-8-14(9-7-13)19(22)12(2)28-20(23)15-10-17(26-3)18(27-4)11-16(15)21(24)25/h6-12H,5H2,1-4H3/t12-/m0/s1. The summed E-state index contributed by atoms with van der Waals surface area (Å²) >= 11 is 0. The van der Waals surface area contributed by atoms with Crippen LogP contribution < -0.4 is 9.47 Å². The van der Waals surface area contributed by atoms with Gasteiger partial charge in [-0.05, 0) is 18.9 Å². The molecule has 0 amide bonds. The van der Waals surface area contributed by atoms with Crippen molar-refractivity contribution in [1.82, 2.24) is 0 Å². The molecule has 0 aromatic heterocycles. The van der Waals surface area contributed by atoms with Crippen molar-refractivity contribution in [2.45, 2.75) is 26.4 Å². The van der Waals surface area contributed by atoms with Crippen molar-refractivity contribution in [3.8, 4) is 11.5 Å². The maximum absolute atomic E-state index is 12.5.